The number of hydrogen-bond donors (Lipinski definition) is 3. The minimum absolute atomic E-state index is 0.330. The minimum atomic E-state index is -1.19. The molecular formula is C12H18N2O5S. The van der Waals surface area contributed by atoms with Gasteiger partial charge in [-0.3, -0.25) is 9.36 Å². The molecule has 0 amide bonds. The Hall–Kier alpha value is -0.930. The van der Waals surface area contributed by atoms with E-state index in [0.717, 1.165) is 0 Å². The van der Waals surface area contributed by atoms with E-state index >= 15 is 0 Å². The first-order valence-electron chi connectivity index (χ1n) is 6.34. The van der Waals surface area contributed by atoms with Gasteiger partial charge in [-0.25, -0.2) is 0 Å². The summed E-state index contributed by atoms with van der Waals surface area (Å²) in [5, 5.41) is 29.4. The van der Waals surface area contributed by atoms with Crippen LogP contribution in [0.2, 0.25) is 0 Å². The van der Waals surface area contributed by atoms with E-state index in [0.29, 0.717) is 16.5 Å². The third-order valence-corrected chi connectivity index (χ3v) is 4.00. The summed E-state index contributed by atoms with van der Waals surface area (Å²) in [5.41, 5.74) is 0.0899. The van der Waals surface area contributed by atoms with Crippen molar-refractivity contribution in [1.82, 2.24) is 9.55 Å². The molecule has 0 bridgehead atoms. The van der Waals surface area contributed by atoms with E-state index in [2.05, 4.69) is 4.98 Å². The van der Waals surface area contributed by atoms with Crippen molar-refractivity contribution < 1.29 is 20.1 Å². The van der Waals surface area contributed by atoms with Gasteiger partial charge in [-0.2, -0.15) is 4.98 Å². The maximum absolute atomic E-state index is 11.6. The molecule has 2 rings (SSSR count). The van der Waals surface area contributed by atoms with Crippen LogP contribution in [0.3, 0.4) is 0 Å². The standard InChI is InChI=1S/C12H18N2O5S/c1-3-20-12-13-10(18)6(2)4-14(12)11-9(17)8(16)7(5-15)19-11/h4,7-9,11,15-17H,3,5H2,1-2H3/t7-,8-,9-,11-/m1/s1. The van der Waals surface area contributed by atoms with Gasteiger partial charge in [-0.05, 0) is 12.7 Å². The van der Waals surface area contributed by atoms with Crippen LogP contribution in [0.4, 0.5) is 0 Å². The zero-order valence-electron chi connectivity index (χ0n) is 11.3. The van der Waals surface area contributed by atoms with Crippen molar-refractivity contribution in [2.45, 2.75) is 43.5 Å². The second-order valence-corrected chi connectivity index (χ2v) is 5.81. The van der Waals surface area contributed by atoms with Gasteiger partial charge in [-0.15, -0.1) is 0 Å². The minimum Gasteiger partial charge on any atom is -0.394 e. The highest BCUT2D eigenvalue weighted by molar-refractivity contribution is 7.99. The van der Waals surface area contributed by atoms with Crippen LogP contribution in [0.15, 0.2) is 16.1 Å². The van der Waals surface area contributed by atoms with Crippen molar-refractivity contribution in [2.75, 3.05) is 12.4 Å². The fourth-order valence-electron chi connectivity index (χ4n) is 2.08. The van der Waals surface area contributed by atoms with E-state index < -0.39 is 31.1 Å². The fourth-order valence-corrected chi connectivity index (χ4v) is 2.79. The quantitative estimate of drug-likeness (QED) is 0.498. The molecule has 1 saturated heterocycles. The number of rotatable bonds is 4. The summed E-state index contributed by atoms with van der Waals surface area (Å²) in [5.74, 6) is 0.699. The molecule has 1 aromatic rings. The Kier molecular flexibility index (Phi) is 4.82. The van der Waals surface area contributed by atoms with Crippen molar-refractivity contribution in [3.05, 3.63) is 22.1 Å². The number of aliphatic hydroxyl groups excluding tert-OH is 3. The summed E-state index contributed by atoms with van der Waals surface area (Å²) in [6.45, 7) is 3.14. The van der Waals surface area contributed by atoms with Gasteiger partial charge in [0.1, 0.15) is 18.3 Å². The lowest BCUT2D eigenvalue weighted by atomic mass is 10.1. The molecule has 1 aliphatic rings. The number of aryl methyl sites for hydroxylation is 1. The first kappa shape index (κ1) is 15.5. The van der Waals surface area contributed by atoms with Crippen molar-refractivity contribution in [3.63, 3.8) is 0 Å². The maximum atomic E-state index is 11.6. The van der Waals surface area contributed by atoms with Gasteiger partial charge < -0.3 is 20.1 Å². The molecule has 8 heteroatoms. The lowest BCUT2D eigenvalue weighted by Gasteiger charge is -2.21. The lowest BCUT2D eigenvalue weighted by molar-refractivity contribution is -0.0577. The van der Waals surface area contributed by atoms with Gasteiger partial charge in [0, 0.05) is 11.8 Å². The second-order valence-electron chi connectivity index (χ2n) is 4.58. The number of hydrogen-bond acceptors (Lipinski definition) is 7. The molecule has 0 aromatic carbocycles. The highest BCUT2D eigenvalue weighted by atomic mass is 32.2. The summed E-state index contributed by atoms with van der Waals surface area (Å²) < 4.78 is 7.00. The summed E-state index contributed by atoms with van der Waals surface area (Å²) in [6, 6.07) is 0. The normalized spacial score (nSPS) is 29.9. The van der Waals surface area contributed by atoms with E-state index in [9.17, 15) is 15.0 Å². The van der Waals surface area contributed by atoms with Gasteiger partial charge in [0.2, 0.25) is 0 Å². The molecule has 1 aliphatic heterocycles. The molecule has 1 aromatic heterocycles. The lowest BCUT2D eigenvalue weighted by Crippen LogP contribution is -2.33. The number of thioether (sulfide) groups is 1. The summed E-state index contributed by atoms with van der Waals surface area (Å²) in [4.78, 5) is 15.6. The Morgan fingerprint density at radius 2 is 2.15 bits per heavy atom. The molecule has 20 heavy (non-hydrogen) atoms. The van der Waals surface area contributed by atoms with Crippen LogP contribution in [0.1, 0.15) is 18.7 Å². The molecule has 0 saturated carbocycles. The molecule has 112 valence electrons. The average Bonchev–Trinajstić information content (AvgIpc) is 2.70. The monoisotopic (exact) mass is 302 g/mol. The van der Waals surface area contributed by atoms with Gasteiger partial charge in [0.05, 0.1) is 6.61 Å². The molecule has 4 atom stereocenters. The first-order chi connectivity index (χ1) is 9.49. The van der Waals surface area contributed by atoms with Crippen LogP contribution >= 0.6 is 11.8 Å². The maximum Gasteiger partial charge on any atom is 0.276 e. The molecule has 3 N–H and O–H groups in total. The number of ether oxygens (including phenoxy) is 1. The predicted molar refractivity (Wildman–Crippen MR) is 72.6 cm³/mol. The van der Waals surface area contributed by atoms with Gasteiger partial charge in [-0.1, -0.05) is 18.7 Å². The van der Waals surface area contributed by atoms with Crippen LogP contribution < -0.4 is 5.56 Å². The predicted octanol–water partition coefficient (Wildman–Crippen LogP) is -0.725. The summed E-state index contributed by atoms with van der Waals surface area (Å²) in [7, 11) is 0. The Balaban J connectivity index is 2.41. The van der Waals surface area contributed by atoms with Crippen LogP contribution in [0, 0.1) is 6.92 Å². The Morgan fingerprint density at radius 3 is 2.70 bits per heavy atom. The van der Waals surface area contributed by atoms with E-state index in [1.807, 2.05) is 6.92 Å². The number of aliphatic hydroxyl groups is 3. The molecule has 0 aliphatic carbocycles. The van der Waals surface area contributed by atoms with E-state index in [4.69, 9.17) is 9.84 Å². The van der Waals surface area contributed by atoms with Crippen molar-refractivity contribution in [3.8, 4) is 0 Å². The Morgan fingerprint density at radius 1 is 1.45 bits per heavy atom. The van der Waals surface area contributed by atoms with Crippen molar-refractivity contribution >= 4 is 11.8 Å². The molecule has 2 heterocycles. The van der Waals surface area contributed by atoms with E-state index in [-0.39, 0.29) is 5.56 Å². The van der Waals surface area contributed by atoms with Crippen LogP contribution in [-0.2, 0) is 4.74 Å². The molecular weight excluding hydrogens is 284 g/mol. The molecule has 0 radical (unpaired) electrons. The van der Waals surface area contributed by atoms with E-state index in [1.165, 1.54) is 16.3 Å². The van der Waals surface area contributed by atoms with Gasteiger partial charge in [0.25, 0.3) is 5.56 Å². The van der Waals surface area contributed by atoms with Crippen LogP contribution in [-0.4, -0.2) is 55.5 Å². The smallest absolute Gasteiger partial charge is 0.276 e. The SMILES string of the molecule is CCSc1nc(=O)c(C)cn1[C@@H]1O[C@H](CO)[C@@H](O)[C@H]1O. The first-order valence-corrected chi connectivity index (χ1v) is 7.33. The third kappa shape index (κ3) is 2.75. The number of aromatic nitrogens is 2. The third-order valence-electron chi connectivity index (χ3n) is 3.15. The van der Waals surface area contributed by atoms with Gasteiger partial charge >= 0.3 is 0 Å². The van der Waals surface area contributed by atoms with Crippen molar-refractivity contribution in [2.24, 2.45) is 0 Å². The Labute approximate surface area is 120 Å². The topological polar surface area (TPSA) is 105 Å². The van der Waals surface area contributed by atoms with Crippen LogP contribution in [0.25, 0.3) is 0 Å². The fraction of sp³-hybridized carbons (Fsp3) is 0.667. The molecule has 1 fully saturated rings. The highest BCUT2D eigenvalue weighted by Gasteiger charge is 2.43. The molecule has 0 spiro atoms. The van der Waals surface area contributed by atoms with Crippen LogP contribution in [0.5, 0.6) is 0 Å². The largest absolute Gasteiger partial charge is 0.394 e. The highest BCUT2D eigenvalue weighted by Crippen LogP contribution is 2.31. The zero-order valence-corrected chi connectivity index (χ0v) is 12.1. The van der Waals surface area contributed by atoms with E-state index in [1.54, 1.807) is 13.1 Å². The number of nitrogens with zero attached hydrogens (tertiary/aromatic N) is 2. The Bertz CT molecular complexity index is 535. The summed E-state index contributed by atoms with van der Waals surface area (Å²) in [6.07, 6.45) is -2.54. The second kappa shape index (κ2) is 6.23. The molecule has 0 unspecified atom stereocenters. The molecule has 7 nitrogen and oxygen atoms in total. The summed E-state index contributed by atoms with van der Waals surface area (Å²) >= 11 is 1.34. The van der Waals surface area contributed by atoms with Crippen molar-refractivity contribution in [1.29, 1.82) is 0 Å². The average molecular weight is 302 g/mol. The van der Waals surface area contributed by atoms with Gasteiger partial charge in [0.15, 0.2) is 11.4 Å². The zero-order chi connectivity index (χ0) is 14.9.